The average Bonchev–Trinajstić information content (AvgIpc) is 2.76. The molecule has 0 aliphatic heterocycles. The van der Waals surface area contributed by atoms with E-state index in [1.54, 1.807) is 12.1 Å². The molecule has 0 bridgehead atoms. The van der Waals surface area contributed by atoms with Crippen LogP contribution in [0.3, 0.4) is 0 Å². The molecule has 2 N–H and O–H groups in total. The summed E-state index contributed by atoms with van der Waals surface area (Å²) in [5.41, 5.74) is 0.728. The van der Waals surface area contributed by atoms with E-state index in [1.807, 2.05) is 30.3 Å². The molecule has 94 valence electrons. The number of hydrogen-bond acceptors (Lipinski definition) is 3. The van der Waals surface area contributed by atoms with Gasteiger partial charge in [0.2, 0.25) is 0 Å². The molecule has 1 heterocycles. The molecule has 0 saturated heterocycles. The Morgan fingerprint density at radius 2 is 2.00 bits per heavy atom. The van der Waals surface area contributed by atoms with E-state index in [0.29, 0.717) is 6.54 Å². The van der Waals surface area contributed by atoms with Crippen molar-refractivity contribution in [2.45, 2.75) is 12.6 Å². The van der Waals surface area contributed by atoms with Gasteiger partial charge in [-0.2, -0.15) is 0 Å². The van der Waals surface area contributed by atoms with Crippen LogP contribution in [0, 0.1) is 3.77 Å². The predicted octanol–water partition coefficient (Wildman–Crippen LogP) is 2.80. The highest BCUT2D eigenvalue weighted by atomic mass is 127. The van der Waals surface area contributed by atoms with E-state index in [0.717, 1.165) is 15.1 Å². The first-order valence-electron chi connectivity index (χ1n) is 5.42. The third kappa shape index (κ3) is 3.33. The largest absolute Gasteiger partial charge is 0.480 e. The SMILES string of the molecule is O=C(O)C(NCc1ccc(I)o1)c1ccccc1. The summed E-state index contributed by atoms with van der Waals surface area (Å²) >= 11 is 2.07. The molecule has 1 atom stereocenters. The number of aliphatic carboxylic acids is 1. The van der Waals surface area contributed by atoms with E-state index in [-0.39, 0.29) is 0 Å². The summed E-state index contributed by atoms with van der Waals surface area (Å²) in [4.78, 5) is 11.2. The predicted molar refractivity (Wildman–Crippen MR) is 75.1 cm³/mol. The van der Waals surface area contributed by atoms with Crippen molar-refractivity contribution in [2.75, 3.05) is 0 Å². The highest BCUT2D eigenvalue weighted by Crippen LogP contribution is 2.15. The van der Waals surface area contributed by atoms with Crippen molar-refractivity contribution < 1.29 is 14.3 Å². The van der Waals surface area contributed by atoms with E-state index in [1.165, 1.54) is 0 Å². The Balaban J connectivity index is 2.06. The Hall–Kier alpha value is -1.34. The fraction of sp³-hybridized carbons (Fsp3) is 0.154. The maximum Gasteiger partial charge on any atom is 0.325 e. The molecule has 1 aromatic carbocycles. The molecule has 1 unspecified atom stereocenters. The molecule has 0 amide bonds. The van der Waals surface area contributed by atoms with Gasteiger partial charge in [0.1, 0.15) is 11.8 Å². The Kier molecular flexibility index (Phi) is 4.38. The third-order valence-electron chi connectivity index (χ3n) is 2.49. The molecular formula is C13H12INO3. The topological polar surface area (TPSA) is 62.5 Å². The van der Waals surface area contributed by atoms with Gasteiger partial charge in [-0.25, -0.2) is 0 Å². The van der Waals surface area contributed by atoms with Crippen LogP contribution >= 0.6 is 22.6 Å². The summed E-state index contributed by atoms with van der Waals surface area (Å²) in [5.74, 6) is -0.177. The third-order valence-corrected chi connectivity index (χ3v) is 3.07. The van der Waals surface area contributed by atoms with Gasteiger partial charge in [0.05, 0.1) is 6.54 Å². The lowest BCUT2D eigenvalue weighted by atomic mass is 10.1. The normalized spacial score (nSPS) is 12.3. The number of carboxylic acids is 1. The molecule has 0 aliphatic carbocycles. The molecule has 0 fully saturated rings. The average molecular weight is 357 g/mol. The van der Waals surface area contributed by atoms with Crippen molar-refractivity contribution in [1.82, 2.24) is 5.32 Å². The Morgan fingerprint density at radius 3 is 2.56 bits per heavy atom. The monoisotopic (exact) mass is 357 g/mol. The molecule has 1 aromatic heterocycles. The second-order valence-corrected chi connectivity index (χ2v) is 4.83. The van der Waals surface area contributed by atoms with Crippen LogP contribution in [0.25, 0.3) is 0 Å². The van der Waals surface area contributed by atoms with Crippen LogP contribution in [0.4, 0.5) is 0 Å². The van der Waals surface area contributed by atoms with Crippen LogP contribution in [0.2, 0.25) is 0 Å². The summed E-state index contributed by atoms with van der Waals surface area (Å²) in [5, 5.41) is 12.2. The van der Waals surface area contributed by atoms with Gasteiger partial charge >= 0.3 is 5.97 Å². The second kappa shape index (κ2) is 6.01. The summed E-state index contributed by atoms with van der Waals surface area (Å²) in [7, 11) is 0. The molecule has 2 rings (SSSR count). The number of nitrogens with one attached hydrogen (secondary N) is 1. The van der Waals surface area contributed by atoms with Gasteiger partial charge in [0, 0.05) is 0 Å². The van der Waals surface area contributed by atoms with Crippen molar-refractivity contribution in [3.05, 3.63) is 57.6 Å². The molecule has 0 saturated carbocycles. The maximum absolute atomic E-state index is 11.2. The lowest BCUT2D eigenvalue weighted by Gasteiger charge is -2.13. The number of furan rings is 1. The van der Waals surface area contributed by atoms with Crippen LogP contribution in [0.1, 0.15) is 17.4 Å². The minimum atomic E-state index is -0.901. The van der Waals surface area contributed by atoms with Crippen molar-refractivity contribution in [1.29, 1.82) is 0 Å². The molecule has 0 aliphatic rings. The fourth-order valence-corrected chi connectivity index (χ4v) is 2.11. The molecule has 5 heteroatoms. The van der Waals surface area contributed by atoms with Gasteiger partial charge in [0.15, 0.2) is 3.77 Å². The first-order valence-corrected chi connectivity index (χ1v) is 6.50. The van der Waals surface area contributed by atoms with Gasteiger partial charge in [-0.15, -0.1) is 0 Å². The highest BCUT2D eigenvalue weighted by molar-refractivity contribution is 14.1. The van der Waals surface area contributed by atoms with Gasteiger partial charge in [-0.05, 0) is 40.3 Å². The smallest absolute Gasteiger partial charge is 0.325 e. The molecular weight excluding hydrogens is 345 g/mol. The van der Waals surface area contributed by atoms with E-state index in [4.69, 9.17) is 4.42 Å². The van der Waals surface area contributed by atoms with E-state index < -0.39 is 12.0 Å². The van der Waals surface area contributed by atoms with Crippen molar-refractivity contribution in [3.8, 4) is 0 Å². The summed E-state index contributed by atoms with van der Waals surface area (Å²) in [6.07, 6.45) is 0. The molecule has 2 aromatic rings. The van der Waals surface area contributed by atoms with Crippen molar-refractivity contribution in [2.24, 2.45) is 0 Å². The quantitative estimate of drug-likeness (QED) is 0.808. The number of carbonyl (C=O) groups is 1. The first-order chi connectivity index (χ1) is 8.66. The molecule has 0 spiro atoms. The van der Waals surface area contributed by atoms with E-state index in [2.05, 4.69) is 27.9 Å². The fourth-order valence-electron chi connectivity index (χ4n) is 1.64. The van der Waals surface area contributed by atoms with Crippen LogP contribution in [-0.2, 0) is 11.3 Å². The van der Waals surface area contributed by atoms with Gasteiger partial charge in [-0.3, -0.25) is 10.1 Å². The van der Waals surface area contributed by atoms with E-state index in [9.17, 15) is 9.90 Å². The molecule has 0 radical (unpaired) electrons. The number of benzene rings is 1. The number of hydrogen-bond donors (Lipinski definition) is 2. The van der Waals surface area contributed by atoms with Crippen LogP contribution in [0.5, 0.6) is 0 Å². The van der Waals surface area contributed by atoms with E-state index >= 15 is 0 Å². The van der Waals surface area contributed by atoms with Crippen LogP contribution < -0.4 is 5.32 Å². The number of rotatable bonds is 5. The standard InChI is InChI=1S/C13H12INO3/c14-11-7-6-10(18-11)8-15-12(13(16)17)9-4-2-1-3-5-9/h1-7,12,15H,8H2,(H,16,17). The zero-order valence-electron chi connectivity index (χ0n) is 9.47. The maximum atomic E-state index is 11.2. The minimum Gasteiger partial charge on any atom is -0.480 e. The summed E-state index contributed by atoms with van der Waals surface area (Å²) < 4.78 is 6.17. The second-order valence-electron chi connectivity index (χ2n) is 3.77. The van der Waals surface area contributed by atoms with Gasteiger partial charge < -0.3 is 9.52 Å². The molecule has 18 heavy (non-hydrogen) atoms. The zero-order valence-corrected chi connectivity index (χ0v) is 11.6. The Labute approximate surface area is 118 Å². The summed E-state index contributed by atoms with van der Waals surface area (Å²) in [6.45, 7) is 0.384. The lowest BCUT2D eigenvalue weighted by molar-refractivity contribution is -0.139. The van der Waals surface area contributed by atoms with Crippen molar-refractivity contribution in [3.63, 3.8) is 0 Å². The van der Waals surface area contributed by atoms with Gasteiger partial charge in [0.25, 0.3) is 0 Å². The Bertz CT molecular complexity index is 524. The lowest BCUT2D eigenvalue weighted by Crippen LogP contribution is -2.27. The minimum absolute atomic E-state index is 0.384. The highest BCUT2D eigenvalue weighted by Gasteiger charge is 2.19. The number of carboxylic acid groups (broad SMARTS) is 1. The molecule has 4 nitrogen and oxygen atoms in total. The van der Waals surface area contributed by atoms with Crippen molar-refractivity contribution >= 4 is 28.6 Å². The zero-order chi connectivity index (χ0) is 13.0. The van der Waals surface area contributed by atoms with Crippen LogP contribution in [-0.4, -0.2) is 11.1 Å². The number of halogens is 1. The first kappa shape index (κ1) is 13.1. The van der Waals surface area contributed by atoms with Gasteiger partial charge in [-0.1, -0.05) is 30.3 Å². The summed E-state index contributed by atoms with van der Waals surface area (Å²) in [6, 6.07) is 12.0. The Morgan fingerprint density at radius 1 is 1.28 bits per heavy atom. The van der Waals surface area contributed by atoms with Crippen LogP contribution in [0.15, 0.2) is 46.9 Å².